The molecule has 0 saturated carbocycles. The Hall–Kier alpha value is -2.84. The van der Waals surface area contributed by atoms with Crippen molar-refractivity contribution in [2.45, 2.75) is 38.5 Å². The van der Waals surface area contributed by atoms with Crippen molar-refractivity contribution in [3.8, 4) is 0 Å². The second-order valence-corrected chi connectivity index (χ2v) is 10.7. The fourth-order valence-electron chi connectivity index (χ4n) is 4.32. The van der Waals surface area contributed by atoms with Crippen molar-refractivity contribution in [2.24, 2.45) is 0 Å². The fraction of sp³-hybridized carbons (Fsp3) is 0.292. The van der Waals surface area contributed by atoms with Crippen LogP contribution in [0.4, 0.5) is 16.4 Å². The van der Waals surface area contributed by atoms with Crippen molar-refractivity contribution in [1.82, 2.24) is 0 Å². The van der Waals surface area contributed by atoms with Gasteiger partial charge >= 0.3 is 0 Å². The number of thiophene rings is 1. The maximum atomic E-state index is 13.2. The Kier molecular flexibility index (Phi) is 6.26. The molecule has 3 aromatic rings. The summed E-state index contributed by atoms with van der Waals surface area (Å²) in [5.74, 6) is -0.334. The van der Waals surface area contributed by atoms with Crippen LogP contribution in [0.15, 0.2) is 52.7 Å². The van der Waals surface area contributed by atoms with Crippen LogP contribution in [0.3, 0.4) is 0 Å². The Morgan fingerprint density at radius 3 is 2.38 bits per heavy atom. The third kappa shape index (κ3) is 4.38. The van der Waals surface area contributed by atoms with Gasteiger partial charge in [0.15, 0.2) is 0 Å². The molecule has 1 aromatic heterocycles. The number of carbonyl (C=O) groups excluding carboxylic acids is 1. The summed E-state index contributed by atoms with van der Waals surface area (Å²) in [4.78, 5) is 15.7. The van der Waals surface area contributed by atoms with Crippen LogP contribution in [0.25, 0.3) is 0 Å². The molecule has 2 aromatic carbocycles. The van der Waals surface area contributed by atoms with Gasteiger partial charge in [0.05, 0.1) is 10.5 Å². The number of aryl methyl sites for hydroxylation is 2. The second-order valence-electron chi connectivity index (χ2n) is 8.09. The van der Waals surface area contributed by atoms with Gasteiger partial charge in [-0.3, -0.25) is 9.52 Å². The number of hydrogen-bond donors (Lipinski definition) is 2. The zero-order valence-electron chi connectivity index (χ0n) is 18.4. The van der Waals surface area contributed by atoms with Gasteiger partial charge in [0.25, 0.3) is 15.9 Å². The van der Waals surface area contributed by atoms with Crippen LogP contribution in [0.5, 0.6) is 0 Å². The van der Waals surface area contributed by atoms with Crippen molar-refractivity contribution in [2.75, 3.05) is 28.0 Å². The smallest absolute Gasteiger partial charge is 0.262 e. The van der Waals surface area contributed by atoms with Crippen LogP contribution in [0, 0.1) is 20.8 Å². The lowest BCUT2D eigenvalue weighted by atomic mass is 10.0. The van der Waals surface area contributed by atoms with Gasteiger partial charge in [-0.25, -0.2) is 8.42 Å². The minimum atomic E-state index is -3.78. The molecule has 6 nitrogen and oxygen atoms in total. The number of nitrogens with zero attached hydrogens (tertiary/aromatic N) is 1. The first kappa shape index (κ1) is 22.4. The van der Waals surface area contributed by atoms with E-state index < -0.39 is 10.0 Å². The van der Waals surface area contributed by atoms with Crippen LogP contribution in [-0.2, 0) is 10.0 Å². The van der Waals surface area contributed by atoms with E-state index in [0.717, 1.165) is 29.9 Å². The molecule has 168 valence electrons. The molecule has 1 aliphatic rings. The number of nitrogens with one attached hydrogen (secondary N) is 2. The summed E-state index contributed by atoms with van der Waals surface area (Å²) < 4.78 is 28.0. The number of benzene rings is 2. The van der Waals surface area contributed by atoms with Gasteiger partial charge in [-0.2, -0.15) is 0 Å². The summed E-state index contributed by atoms with van der Waals surface area (Å²) in [6.45, 7) is 8.17. The normalized spacial score (nSPS) is 13.9. The fourth-order valence-corrected chi connectivity index (χ4v) is 6.46. The molecule has 1 saturated heterocycles. The molecular weight excluding hydrogens is 442 g/mol. The molecule has 32 heavy (non-hydrogen) atoms. The number of rotatable bonds is 6. The maximum Gasteiger partial charge on any atom is 0.262 e. The molecule has 0 spiro atoms. The summed E-state index contributed by atoms with van der Waals surface area (Å²) in [6.07, 6.45) is 2.35. The highest BCUT2D eigenvalue weighted by atomic mass is 32.2. The van der Waals surface area contributed by atoms with E-state index in [1.807, 2.05) is 13.8 Å². The van der Waals surface area contributed by atoms with E-state index >= 15 is 0 Å². The molecule has 0 aliphatic carbocycles. The summed E-state index contributed by atoms with van der Waals surface area (Å²) in [5.41, 5.74) is 5.49. The Bertz CT molecular complexity index is 1240. The van der Waals surface area contributed by atoms with Crippen molar-refractivity contribution >= 4 is 43.6 Å². The monoisotopic (exact) mass is 469 g/mol. The molecule has 1 amide bonds. The molecule has 0 unspecified atom stereocenters. The SMILES string of the molecule is Cc1cc(C)c(N2CCCC2)c(C)c1NC(=O)c1ccsc1NS(=O)(=O)c1ccccc1. The number of anilines is 3. The summed E-state index contributed by atoms with van der Waals surface area (Å²) in [7, 11) is -3.78. The van der Waals surface area contributed by atoms with Crippen molar-refractivity contribution in [1.29, 1.82) is 0 Å². The van der Waals surface area contributed by atoms with Crippen LogP contribution in [-0.4, -0.2) is 27.4 Å². The molecular formula is C24H27N3O3S2. The zero-order valence-corrected chi connectivity index (χ0v) is 20.1. The summed E-state index contributed by atoms with van der Waals surface area (Å²) >= 11 is 1.19. The lowest BCUT2D eigenvalue weighted by Gasteiger charge is -2.26. The lowest BCUT2D eigenvalue weighted by Crippen LogP contribution is -2.22. The van der Waals surface area contributed by atoms with Crippen molar-refractivity contribution in [3.05, 3.63) is 70.1 Å². The molecule has 1 aliphatic heterocycles. The van der Waals surface area contributed by atoms with Gasteiger partial charge in [-0.05, 0) is 73.9 Å². The van der Waals surface area contributed by atoms with Crippen LogP contribution in [0.2, 0.25) is 0 Å². The topological polar surface area (TPSA) is 78.5 Å². The molecule has 0 radical (unpaired) electrons. The third-order valence-electron chi connectivity index (χ3n) is 5.78. The summed E-state index contributed by atoms with van der Waals surface area (Å²) in [6, 6.07) is 11.9. The van der Waals surface area contributed by atoms with Crippen molar-refractivity contribution in [3.63, 3.8) is 0 Å². The Labute approximate surface area is 193 Å². The minimum Gasteiger partial charge on any atom is -0.371 e. The molecule has 0 atom stereocenters. The average Bonchev–Trinajstić information content (AvgIpc) is 3.44. The van der Waals surface area contributed by atoms with Crippen molar-refractivity contribution < 1.29 is 13.2 Å². The zero-order chi connectivity index (χ0) is 22.9. The largest absolute Gasteiger partial charge is 0.371 e. The van der Waals surface area contributed by atoms with E-state index in [-0.39, 0.29) is 10.8 Å². The van der Waals surface area contributed by atoms with Gasteiger partial charge in [-0.15, -0.1) is 11.3 Å². The van der Waals surface area contributed by atoms with E-state index in [1.165, 1.54) is 47.6 Å². The van der Waals surface area contributed by atoms with Gasteiger partial charge < -0.3 is 10.2 Å². The molecule has 8 heteroatoms. The standard InChI is InChI=1S/C24H27N3O3S2/c1-16-15-17(2)22(27-12-7-8-13-27)18(3)21(16)25-23(28)20-11-14-31-24(20)26-32(29,30)19-9-5-4-6-10-19/h4-6,9-11,14-15,26H,7-8,12-13H2,1-3H3,(H,25,28). The lowest BCUT2D eigenvalue weighted by molar-refractivity contribution is 0.102. The van der Waals surface area contributed by atoms with Crippen LogP contribution in [0.1, 0.15) is 39.9 Å². The van der Waals surface area contributed by atoms with Gasteiger partial charge in [0, 0.05) is 24.5 Å². The first-order valence-electron chi connectivity index (χ1n) is 10.6. The first-order chi connectivity index (χ1) is 15.3. The average molecular weight is 470 g/mol. The Morgan fingerprint density at radius 1 is 1.00 bits per heavy atom. The maximum absolute atomic E-state index is 13.2. The van der Waals surface area contributed by atoms with E-state index in [0.29, 0.717) is 10.6 Å². The van der Waals surface area contributed by atoms with E-state index in [2.05, 4.69) is 27.9 Å². The number of sulfonamides is 1. The van der Waals surface area contributed by atoms with Gasteiger partial charge in [-0.1, -0.05) is 24.3 Å². The van der Waals surface area contributed by atoms with Gasteiger partial charge in [0.2, 0.25) is 0 Å². The van der Waals surface area contributed by atoms with Crippen LogP contribution < -0.4 is 14.9 Å². The summed E-state index contributed by atoms with van der Waals surface area (Å²) in [5, 5.41) is 5.05. The predicted molar refractivity (Wildman–Crippen MR) is 132 cm³/mol. The van der Waals surface area contributed by atoms with E-state index in [1.54, 1.807) is 29.6 Å². The first-order valence-corrected chi connectivity index (χ1v) is 13.0. The van der Waals surface area contributed by atoms with E-state index in [9.17, 15) is 13.2 Å². The highest BCUT2D eigenvalue weighted by Crippen LogP contribution is 2.36. The van der Waals surface area contributed by atoms with Crippen LogP contribution >= 0.6 is 11.3 Å². The quantitative estimate of drug-likeness (QED) is 0.512. The molecule has 4 rings (SSSR count). The van der Waals surface area contributed by atoms with E-state index in [4.69, 9.17) is 0 Å². The third-order valence-corrected chi connectivity index (χ3v) is 8.11. The minimum absolute atomic E-state index is 0.153. The molecule has 2 heterocycles. The number of amides is 1. The van der Waals surface area contributed by atoms with Gasteiger partial charge in [0.1, 0.15) is 5.00 Å². The Morgan fingerprint density at radius 2 is 1.69 bits per heavy atom. The highest BCUT2D eigenvalue weighted by Gasteiger charge is 2.23. The highest BCUT2D eigenvalue weighted by molar-refractivity contribution is 7.93. The Balaban J connectivity index is 1.61. The number of carbonyl (C=O) groups is 1. The predicted octanol–water partition coefficient (Wildman–Crippen LogP) is 5.33. The molecule has 1 fully saturated rings. The number of hydrogen-bond acceptors (Lipinski definition) is 5. The molecule has 0 bridgehead atoms. The second kappa shape index (κ2) is 8.96. The molecule has 2 N–H and O–H groups in total.